The van der Waals surface area contributed by atoms with Crippen molar-refractivity contribution in [1.82, 2.24) is 9.78 Å². The minimum Gasteiger partial charge on any atom is -0.324 e. The average molecular weight is 247 g/mol. The maximum atomic E-state index is 6.05. The predicted octanol–water partition coefficient (Wildman–Crippen LogP) is 3.22. The normalized spacial score (nSPS) is 22.4. The van der Waals surface area contributed by atoms with Crippen molar-refractivity contribution in [3.8, 4) is 0 Å². The Morgan fingerprint density at radius 3 is 3.11 bits per heavy atom. The van der Waals surface area contributed by atoms with Crippen LogP contribution in [0.15, 0.2) is 23.9 Å². The third-order valence-corrected chi connectivity index (χ3v) is 3.85. The van der Waals surface area contributed by atoms with Crippen molar-refractivity contribution in [3.05, 3.63) is 29.6 Å². The van der Waals surface area contributed by atoms with Gasteiger partial charge in [0, 0.05) is 24.7 Å². The van der Waals surface area contributed by atoms with Gasteiger partial charge < -0.3 is 5.73 Å². The van der Waals surface area contributed by atoms with Gasteiger partial charge in [0.25, 0.3) is 0 Å². The molecule has 1 heterocycles. The summed E-state index contributed by atoms with van der Waals surface area (Å²) >= 11 is 0. The quantitative estimate of drug-likeness (QED) is 0.830. The van der Waals surface area contributed by atoms with Gasteiger partial charge in [-0.1, -0.05) is 25.0 Å². The minimum absolute atomic E-state index is 0.249. The first-order valence-electron chi connectivity index (χ1n) is 7.18. The number of aromatic nitrogens is 2. The molecule has 2 atom stereocenters. The van der Waals surface area contributed by atoms with Crippen LogP contribution in [0.3, 0.4) is 0 Å². The van der Waals surface area contributed by atoms with E-state index in [1.165, 1.54) is 30.5 Å². The predicted molar refractivity (Wildman–Crippen MR) is 75.5 cm³/mol. The molecule has 0 saturated heterocycles. The molecule has 2 rings (SSSR count). The van der Waals surface area contributed by atoms with Crippen LogP contribution < -0.4 is 5.73 Å². The van der Waals surface area contributed by atoms with E-state index in [2.05, 4.69) is 42.0 Å². The second-order valence-corrected chi connectivity index (χ2v) is 5.46. The molecular weight excluding hydrogens is 222 g/mol. The van der Waals surface area contributed by atoms with E-state index in [0.717, 1.165) is 19.3 Å². The molecule has 100 valence electrons. The average Bonchev–Trinajstić information content (AvgIpc) is 2.72. The highest BCUT2D eigenvalue weighted by Crippen LogP contribution is 2.20. The zero-order chi connectivity index (χ0) is 13.0. The molecule has 18 heavy (non-hydrogen) atoms. The van der Waals surface area contributed by atoms with Gasteiger partial charge in [0.15, 0.2) is 0 Å². The Morgan fingerprint density at radius 1 is 1.50 bits per heavy atom. The molecular formula is C15H25N3. The van der Waals surface area contributed by atoms with Gasteiger partial charge in [-0.2, -0.15) is 5.10 Å². The SMILES string of the molecule is CCC(C)n1ccc(CC2=CC(N)CCCC2)n1. The molecule has 0 amide bonds. The van der Waals surface area contributed by atoms with Crippen LogP contribution in [-0.2, 0) is 6.42 Å². The number of nitrogens with two attached hydrogens (primary N) is 1. The van der Waals surface area contributed by atoms with Gasteiger partial charge in [-0.25, -0.2) is 0 Å². The van der Waals surface area contributed by atoms with Crippen molar-refractivity contribution in [2.75, 3.05) is 0 Å². The standard InChI is InChI=1S/C15H25N3/c1-3-12(2)18-9-8-15(17-18)11-13-6-4-5-7-14(16)10-13/h8-10,12,14H,3-7,11,16H2,1-2H3. The lowest BCUT2D eigenvalue weighted by Gasteiger charge is -2.08. The smallest absolute Gasteiger partial charge is 0.0665 e. The fourth-order valence-corrected chi connectivity index (χ4v) is 2.49. The van der Waals surface area contributed by atoms with E-state index in [9.17, 15) is 0 Å². The monoisotopic (exact) mass is 247 g/mol. The van der Waals surface area contributed by atoms with Crippen molar-refractivity contribution >= 4 is 0 Å². The largest absolute Gasteiger partial charge is 0.324 e. The van der Waals surface area contributed by atoms with E-state index in [-0.39, 0.29) is 6.04 Å². The van der Waals surface area contributed by atoms with E-state index in [1.807, 2.05) is 0 Å². The van der Waals surface area contributed by atoms with Crippen LogP contribution in [0.4, 0.5) is 0 Å². The number of hydrogen-bond donors (Lipinski definition) is 1. The number of rotatable bonds is 4. The number of hydrogen-bond acceptors (Lipinski definition) is 2. The third kappa shape index (κ3) is 3.45. The highest BCUT2D eigenvalue weighted by Gasteiger charge is 2.11. The molecule has 1 aromatic rings. The zero-order valence-corrected chi connectivity index (χ0v) is 11.6. The molecule has 0 spiro atoms. The Balaban J connectivity index is 2.02. The zero-order valence-electron chi connectivity index (χ0n) is 11.6. The molecule has 3 nitrogen and oxygen atoms in total. The molecule has 0 aromatic carbocycles. The van der Waals surface area contributed by atoms with Crippen LogP contribution in [0.5, 0.6) is 0 Å². The molecule has 0 aliphatic heterocycles. The topological polar surface area (TPSA) is 43.8 Å². The van der Waals surface area contributed by atoms with Crippen LogP contribution in [0, 0.1) is 0 Å². The van der Waals surface area contributed by atoms with Crippen molar-refractivity contribution in [1.29, 1.82) is 0 Å². The highest BCUT2D eigenvalue weighted by atomic mass is 15.3. The summed E-state index contributed by atoms with van der Waals surface area (Å²) in [5.74, 6) is 0. The lowest BCUT2D eigenvalue weighted by molar-refractivity contribution is 0.474. The first-order valence-corrected chi connectivity index (χ1v) is 7.18. The van der Waals surface area contributed by atoms with Crippen molar-refractivity contribution in [2.45, 2.75) is 64.5 Å². The summed E-state index contributed by atoms with van der Waals surface area (Å²) < 4.78 is 2.08. The highest BCUT2D eigenvalue weighted by molar-refractivity contribution is 5.16. The Morgan fingerprint density at radius 2 is 2.33 bits per heavy atom. The molecule has 3 heteroatoms. The van der Waals surface area contributed by atoms with Crippen LogP contribution in [0.2, 0.25) is 0 Å². The van der Waals surface area contributed by atoms with Gasteiger partial charge in [0.1, 0.15) is 0 Å². The van der Waals surface area contributed by atoms with Crippen LogP contribution in [0.1, 0.15) is 57.7 Å². The van der Waals surface area contributed by atoms with Gasteiger partial charge in [0.2, 0.25) is 0 Å². The van der Waals surface area contributed by atoms with E-state index in [4.69, 9.17) is 5.73 Å². The maximum absolute atomic E-state index is 6.05. The molecule has 1 aromatic heterocycles. The first kappa shape index (κ1) is 13.3. The van der Waals surface area contributed by atoms with Crippen molar-refractivity contribution in [3.63, 3.8) is 0 Å². The third-order valence-electron chi connectivity index (χ3n) is 3.85. The summed E-state index contributed by atoms with van der Waals surface area (Å²) in [6, 6.07) is 2.88. The second kappa shape index (κ2) is 6.19. The van der Waals surface area contributed by atoms with Gasteiger partial charge in [-0.3, -0.25) is 4.68 Å². The maximum Gasteiger partial charge on any atom is 0.0665 e. The fourth-order valence-electron chi connectivity index (χ4n) is 2.49. The Labute approximate surface area is 110 Å². The second-order valence-electron chi connectivity index (χ2n) is 5.46. The summed E-state index contributed by atoms with van der Waals surface area (Å²) in [7, 11) is 0. The number of nitrogens with zero attached hydrogens (tertiary/aromatic N) is 2. The molecule has 1 aliphatic carbocycles. The Kier molecular flexibility index (Phi) is 4.59. The van der Waals surface area contributed by atoms with Crippen LogP contribution in [-0.4, -0.2) is 15.8 Å². The summed E-state index contributed by atoms with van der Waals surface area (Å²) in [6.45, 7) is 4.40. The lowest BCUT2D eigenvalue weighted by atomic mass is 10.1. The van der Waals surface area contributed by atoms with E-state index in [1.54, 1.807) is 0 Å². The first-order chi connectivity index (χ1) is 8.69. The fraction of sp³-hybridized carbons (Fsp3) is 0.667. The summed E-state index contributed by atoms with van der Waals surface area (Å²) in [5.41, 5.74) is 8.70. The Hall–Kier alpha value is -1.09. The summed E-state index contributed by atoms with van der Waals surface area (Å²) in [4.78, 5) is 0. The molecule has 2 N–H and O–H groups in total. The lowest BCUT2D eigenvalue weighted by Crippen LogP contribution is -2.16. The van der Waals surface area contributed by atoms with Crippen LogP contribution in [0.25, 0.3) is 0 Å². The molecule has 0 radical (unpaired) electrons. The molecule has 1 aliphatic rings. The van der Waals surface area contributed by atoms with Crippen molar-refractivity contribution in [2.24, 2.45) is 5.73 Å². The van der Waals surface area contributed by atoms with E-state index in [0.29, 0.717) is 6.04 Å². The van der Waals surface area contributed by atoms with Crippen LogP contribution >= 0.6 is 0 Å². The summed E-state index contributed by atoms with van der Waals surface area (Å²) in [6.07, 6.45) is 11.3. The van der Waals surface area contributed by atoms with Gasteiger partial charge >= 0.3 is 0 Å². The summed E-state index contributed by atoms with van der Waals surface area (Å²) in [5, 5.41) is 4.67. The van der Waals surface area contributed by atoms with E-state index >= 15 is 0 Å². The Bertz CT molecular complexity index is 406. The number of allylic oxidation sites excluding steroid dienone is 1. The molecule has 2 unspecified atom stereocenters. The molecule has 0 bridgehead atoms. The van der Waals surface area contributed by atoms with Gasteiger partial charge in [-0.15, -0.1) is 0 Å². The van der Waals surface area contributed by atoms with E-state index < -0.39 is 0 Å². The van der Waals surface area contributed by atoms with Gasteiger partial charge in [-0.05, 0) is 38.7 Å². The molecule has 0 fully saturated rings. The van der Waals surface area contributed by atoms with Crippen molar-refractivity contribution < 1.29 is 0 Å². The minimum atomic E-state index is 0.249. The molecule has 0 saturated carbocycles. The van der Waals surface area contributed by atoms with Gasteiger partial charge in [0.05, 0.1) is 5.69 Å².